The normalized spacial score (nSPS) is 10.4. The molecule has 1 aromatic carbocycles. The molecule has 1 heteroatoms. The summed E-state index contributed by atoms with van der Waals surface area (Å²) in [6.07, 6.45) is 3.50. The number of carbonyl (C=O) groups excluding carboxylic acids is 1. The Kier molecular flexibility index (Phi) is 4.01. The van der Waals surface area contributed by atoms with Gasteiger partial charge in [0.15, 0.2) is 5.78 Å². The fourth-order valence-electron chi connectivity index (χ4n) is 1.32. The molecule has 0 fully saturated rings. The summed E-state index contributed by atoms with van der Waals surface area (Å²) in [5.41, 5.74) is 3.06. The molecule has 0 atom stereocenters. The number of carbonyl (C=O) groups is 1. The zero-order valence-electron chi connectivity index (χ0n) is 9.79. The monoisotopic (exact) mass is 212 g/mol. The van der Waals surface area contributed by atoms with Gasteiger partial charge in [-0.15, -0.1) is 0 Å². The average Bonchev–Trinajstić information content (AvgIpc) is 2.25. The van der Waals surface area contributed by atoms with Crippen LogP contribution < -0.4 is 0 Å². The predicted molar refractivity (Wildman–Crippen MR) is 68.6 cm³/mol. The maximum atomic E-state index is 12.0. The molecule has 16 heavy (non-hydrogen) atoms. The Morgan fingerprint density at radius 1 is 1.19 bits per heavy atom. The molecule has 0 radical (unpaired) electrons. The first-order valence-corrected chi connectivity index (χ1v) is 5.15. The van der Waals surface area contributed by atoms with Crippen molar-refractivity contribution in [3.8, 4) is 0 Å². The highest BCUT2D eigenvalue weighted by Gasteiger charge is 2.09. The Hall–Kier alpha value is -1.89. The number of ketones is 1. The number of allylic oxidation sites excluding steroid dienone is 4. The van der Waals surface area contributed by atoms with Crippen LogP contribution in [0.25, 0.3) is 0 Å². The largest absolute Gasteiger partial charge is 0.289 e. The van der Waals surface area contributed by atoms with Crippen LogP contribution >= 0.6 is 0 Å². The van der Waals surface area contributed by atoms with Crippen LogP contribution in [0, 0.1) is 6.92 Å². The van der Waals surface area contributed by atoms with Crippen LogP contribution in [0.3, 0.4) is 0 Å². The SMILES string of the molecule is C=C(C)/C=C\C(=C)C(=O)c1ccccc1C. The summed E-state index contributed by atoms with van der Waals surface area (Å²) in [6, 6.07) is 7.51. The van der Waals surface area contributed by atoms with Crippen molar-refractivity contribution in [1.82, 2.24) is 0 Å². The molecular formula is C15H16O. The second kappa shape index (κ2) is 5.26. The van der Waals surface area contributed by atoms with E-state index >= 15 is 0 Å². The van der Waals surface area contributed by atoms with Gasteiger partial charge in [0, 0.05) is 11.1 Å². The molecule has 1 aromatic rings. The van der Waals surface area contributed by atoms with Crippen molar-refractivity contribution in [2.75, 3.05) is 0 Å². The highest BCUT2D eigenvalue weighted by Crippen LogP contribution is 2.13. The molecule has 82 valence electrons. The molecule has 1 nitrogen and oxygen atoms in total. The van der Waals surface area contributed by atoms with Gasteiger partial charge in [-0.25, -0.2) is 0 Å². The zero-order valence-corrected chi connectivity index (χ0v) is 9.79. The van der Waals surface area contributed by atoms with Crippen LogP contribution in [-0.2, 0) is 0 Å². The molecule has 0 unspecified atom stereocenters. The van der Waals surface area contributed by atoms with Gasteiger partial charge in [0.2, 0.25) is 0 Å². The molecular weight excluding hydrogens is 196 g/mol. The summed E-state index contributed by atoms with van der Waals surface area (Å²) < 4.78 is 0. The lowest BCUT2D eigenvalue weighted by atomic mass is 9.99. The number of hydrogen-bond donors (Lipinski definition) is 0. The zero-order chi connectivity index (χ0) is 12.1. The predicted octanol–water partition coefficient (Wildman–Crippen LogP) is 3.87. The van der Waals surface area contributed by atoms with E-state index in [0.717, 1.165) is 11.1 Å². The minimum atomic E-state index is -0.0319. The van der Waals surface area contributed by atoms with Gasteiger partial charge in [-0.2, -0.15) is 0 Å². The van der Waals surface area contributed by atoms with Crippen molar-refractivity contribution in [2.24, 2.45) is 0 Å². The number of benzene rings is 1. The third-order valence-corrected chi connectivity index (χ3v) is 2.25. The standard InChI is InChI=1S/C15H16O/c1-11(2)9-10-13(4)15(16)14-8-6-5-7-12(14)3/h5-10H,1,4H2,2-3H3/b10-9-. The summed E-state index contributed by atoms with van der Waals surface area (Å²) in [4.78, 5) is 12.0. The number of hydrogen-bond acceptors (Lipinski definition) is 1. The quantitative estimate of drug-likeness (QED) is 0.420. The average molecular weight is 212 g/mol. The third-order valence-electron chi connectivity index (χ3n) is 2.25. The summed E-state index contributed by atoms with van der Waals surface area (Å²) in [7, 11) is 0. The molecule has 0 spiro atoms. The van der Waals surface area contributed by atoms with Crippen molar-refractivity contribution in [2.45, 2.75) is 13.8 Å². The van der Waals surface area contributed by atoms with Crippen LogP contribution in [0.5, 0.6) is 0 Å². The van der Waals surface area contributed by atoms with E-state index in [1.54, 1.807) is 12.2 Å². The Balaban J connectivity index is 2.91. The molecule has 0 heterocycles. The molecule has 0 aliphatic heterocycles. The van der Waals surface area contributed by atoms with Crippen molar-refractivity contribution in [3.63, 3.8) is 0 Å². The molecule has 0 aliphatic rings. The first-order chi connectivity index (χ1) is 7.52. The van der Waals surface area contributed by atoms with Crippen molar-refractivity contribution < 1.29 is 4.79 Å². The van der Waals surface area contributed by atoms with E-state index in [9.17, 15) is 4.79 Å². The van der Waals surface area contributed by atoms with E-state index in [4.69, 9.17) is 0 Å². The summed E-state index contributed by atoms with van der Waals surface area (Å²) in [5, 5.41) is 0. The van der Waals surface area contributed by atoms with Crippen LogP contribution in [0.4, 0.5) is 0 Å². The van der Waals surface area contributed by atoms with Gasteiger partial charge in [0.25, 0.3) is 0 Å². The fraction of sp³-hybridized carbons (Fsp3) is 0.133. The van der Waals surface area contributed by atoms with Crippen molar-refractivity contribution in [3.05, 3.63) is 71.8 Å². The van der Waals surface area contributed by atoms with E-state index in [2.05, 4.69) is 13.2 Å². The van der Waals surface area contributed by atoms with E-state index < -0.39 is 0 Å². The van der Waals surface area contributed by atoms with Gasteiger partial charge < -0.3 is 0 Å². The highest BCUT2D eigenvalue weighted by atomic mass is 16.1. The number of rotatable bonds is 4. The molecule has 0 aliphatic carbocycles. The van der Waals surface area contributed by atoms with Gasteiger partial charge >= 0.3 is 0 Å². The molecule has 0 amide bonds. The van der Waals surface area contributed by atoms with Gasteiger partial charge in [0.05, 0.1) is 0 Å². The Labute approximate surface area is 96.8 Å². The third kappa shape index (κ3) is 3.06. The van der Waals surface area contributed by atoms with E-state index in [1.165, 1.54) is 0 Å². The lowest BCUT2D eigenvalue weighted by Crippen LogP contribution is -2.02. The molecule has 0 saturated heterocycles. The van der Waals surface area contributed by atoms with Gasteiger partial charge in [-0.3, -0.25) is 4.79 Å². The Morgan fingerprint density at radius 3 is 2.38 bits per heavy atom. The lowest BCUT2D eigenvalue weighted by molar-refractivity contribution is 0.103. The molecule has 0 N–H and O–H groups in total. The van der Waals surface area contributed by atoms with E-state index in [0.29, 0.717) is 11.1 Å². The second-order valence-electron chi connectivity index (χ2n) is 3.85. The van der Waals surface area contributed by atoms with Gasteiger partial charge in [0.1, 0.15) is 0 Å². The first kappa shape index (κ1) is 12.2. The van der Waals surface area contributed by atoms with Crippen LogP contribution in [0.15, 0.2) is 60.7 Å². The summed E-state index contributed by atoms with van der Waals surface area (Å²) >= 11 is 0. The minimum absolute atomic E-state index is 0.0319. The Bertz CT molecular complexity index is 464. The Morgan fingerprint density at radius 2 is 1.81 bits per heavy atom. The highest BCUT2D eigenvalue weighted by molar-refractivity contribution is 6.10. The van der Waals surface area contributed by atoms with E-state index in [-0.39, 0.29) is 5.78 Å². The minimum Gasteiger partial charge on any atom is -0.289 e. The molecule has 0 saturated carbocycles. The van der Waals surface area contributed by atoms with Crippen molar-refractivity contribution >= 4 is 5.78 Å². The van der Waals surface area contributed by atoms with Gasteiger partial charge in [-0.05, 0) is 19.4 Å². The fourth-order valence-corrected chi connectivity index (χ4v) is 1.32. The van der Waals surface area contributed by atoms with Crippen LogP contribution in [-0.4, -0.2) is 5.78 Å². The van der Waals surface area contributed by atoms with E-state index in [1.807, 2.05) is 38.1 Å². The first-order valence-electron chi connectivity index (χ1n) is 5.15. The maximum absolute atomic E-state index is 12.0. The molecule has 0 aromatic heterocycles. The second-order valence-corrected chi connectivity index (χ2v) is 3.85. The smallest absolute Gasteiger partial charge is 0.192 e. The summed E-state index contributed by atoms with van der Waals surface area (Å²) in [6.45, 7) is 11.3. The lowest BCUT2D eigenvalue weighted by Gasteiger charge is -2.03. The van der Waals surface area contributed by atoms with Crippen LogP contribution in [0.2, 0.25) is 0 Å². The van der Waals surface area contributed by atoms with Crippen LogP contribution in [0.1, 0.15) is 22.8 Å². The molecule has 1 rings (SSSR count). The molecule has 0 bridgehead atoms. The van der Waals surface area contributed by atoms with Crippen molar-refractivity contribution in [1.29, 1.82) is 0 Å². The maximum Gasteiger partial charge on any atom is 0.192 e. The summed E-state index contributed by atoms with van der Waals surface area (Å²) in [5.74, 6) is -0.0319. The number of aryl methyl sites for hydroxylation is 1. The van der Waals surface area contributed by atoms with Gasteiger partial charge in [-0.1, -0.05) is 55.1 Å². The number of Topliss-reactive ketones (excluding diaryl/α,β-unsaturated/α-hetero) is 1. The topological polar surface area (TPSA) is 17.1 Å².